The maximum atomic E-state index is 12.2. The van der Waals surface area contributed by atoms with Gasteiger partial charge in [-0.15, -0.1) is 0 Å². The summed E-state index contributed by atoms with van der Waals surface area (Å²) < 4.78 is 59.7. The molecule has 0 aliphatic carbocycles. The average molecular weight is 310 g/mol. The van der Waals surface area contributed by atoms with E-state index in [0.717, 1.165) is 24.8 Å². The monoisotopic (exact) mass is 310 g/mol. The number of alkyl halides is 3. The van der Waals surface area contributed by atoms with Gasteiger partial charge in [-0.1, -0.05) is 32.8 Å². The molecule has 0 aromatic carbocycles. The number of aromatic nitrogens is 1. The third kappa shape index (κ3) is 4.66. The molecule has 1 aromatic heterocycles. The van der Waals surface area contributed by atoms with Crippen molar-refractivity contribution >= 4 is 15.8 Å². The second-order valence-electron chi connectivity index (χ2n) is 4.70. The molecule has 1 heterocycles. The lowest BCUT2D eigenvalue weighted by Gasteiger charge is -2.12. The van der Waals surface area contributed by atoms with Crippen LogP contribution < -0.4 is 4.72 Å². The van der Waals surface area contributed by atoms with Gasteiger partial charge in [-0.3, -0.25) is 4.72 Å². The first-order valence-corrected chi connectivity index (χ1v) is 7.68. The zero-order valence-electron chi connectivity index (χ0n) is 11.2. The number of sulfonamides is 1. The second-order valence-corrected chi connectivity index (χ2v) is 6.37. The van der Waals surface area contributed by atoms with Gasteiger partial charge in [0.1, 0.15) is 5.82 Å². The van der Waals surface area contributed by atoms with Crippen LogP contribution in [-0.2, 0) is 16.4 Å². The van der Waals surface area contributed by atoms with E-state index in [0.29, 0.717) is 5.92 Å². The van der Waals surface area contributed by atoms with Crippen molar-refractivity contribution < 1.29 is 21.6 Å². The summed E-state index contributed by atoms with van der Waals surface area (Å²) in [5.41, 5.74) is -4.48. The number of hydrogen-bond acceptors (Lipinski definition) is 3. The maximum absolute atomic E-state index is 12.2. The number of halogens is 3. The molecule has 114 valence electrons. The molecule has 1 N–H and O–H groups in total. The topological polar surface area (TPSA) is 59.1 Å². The van der Waals surface area contributed by atoms with Crippen molar-refractivity contribution in [3.05, 3.63) is 23.9 Å². The summed E-state index contributed by atoms with van der Waals surface area (Å²) in [6.45, 7) is 4.15. The molecule has 0 fully saturated rings. The van der Waals surface area contributed by atoms with E-state index in [1.165, 1.54) is 17.0 Å². The van der Waals surface area contributed by atoms with Crippen molar-refractivity contribution in [2.75, 3.05) is 4.72 Å². The first-order valence-electron chi connectivity index (χ1n) is 6.19. The molecule has 0 amide bonds. The number of rotatable bonds is 6. The van der Waals surface area contributed by atoms with Crippen molar-refractivity contribution in [1.29, 1.82) is 0 Å². The van der Waals surface area contributed by atoms with Crippen LogP contribution in [0.25, 0.3) is 0 Å². The molecule has 20 heavy (non-hydrogen) atoms. The van der Waals surface area contributed by atoms with Gasteiger partial charge in [0.15, 0.2) is 0 Å². The normalized spacial score (nSPS) is 14.1. The van der Waals surface area contributed by atoms with Gasteiger partial charge >= 0.3 is 15.5 Å². The molecule has 0 saturated heterocycles. The molecule has 0 saturated carbocycles. The molecule has 0 bridgehead atoms. The molecule has 1 unspecified atom stereocenters. The summed E-state index contributed by atoms with van der Waals surface area (Å²) in [5.74, 6) is 0.105. The quantitative estimate of drug-likeness (QED) is 0.877. The average Bonchev–Trinajstić information content (AvgIpc) is 2.30. The fourth-order valence-corrected chi connectivity index (χ4v) is 2.31. The number of anilines is 1. The molecule has 0 spiro atoms. The lowest BCUT2D eigenvalue weighted by atomic mass is 9.98. The van der Waals surface area contributed by atoms with Gasteiger partial charge in [0.25, 0.3) is 0 Å². The zero-order chi connectivity index (χ0) is 15.4. The van der Waals surface area contributed by atoms with Gasteiger partial charge in [0.2, 0.25) is 0 Å². The van der Waals surface area contributed by atoms with Crippen molar-refractivity contribution in [3.63, 3.8) is 0 Å². The number of hydrogen-bond donors (Lipinski definition) is 1. The van der Waals surface area contributed by atoms with Crippen LogP contribution in [0, 0.1) is 5.92 Å². The number of pyridine rings is 1. The van der Waals surface area contributed by atoms with Crippen LogP contribution >= 0.6 is 0 Å². The summed E-state index contributed by atoms with van der Waals surface area (Å²) in [6, 6.07) is 2.81. The molecule has 1 atom stereocenters. The van der Waals surface area contributed by atoms with Crippen molar-refractivity contribution in [2.24, 2.45) is 5.92 Å². The van der Waals surface area contributed by atoms with E-state index in [9.17, 15) is 21.6 Å². The Morgan fingerprint density at radius 1 is 1.35 bits per heavy atom. The SMILES string of the molecule is CCCC(C)Cc1ccc(NS(=O)(=O)C(F)(F)F)nc1. The van der Waals surface area contributed by atoms with Crippen LogP contribution in [0.1, 0.15) is 32.3 Å². The molecule has 0 aliphatic heterocycles. The van der Waals surface area contributed by atoms with Gasteiger partial charge in [-0.05, 0) is 24.0 Å². The van der Waals surface area contributed by atoms with E-state index in [2.05, 4.69) is 18.8 Å². The highest BCUT2D eigenvalue weighted by Gasteiger charge is 2.46. The number of nitrogens with one attached hydrogen (secondary N) is 1. The predicted octanol–water partition coefficient (Wildman–Crippen LogP) is 3.32. The standard InChI is InChI=1S/C12H17F3N2O2S/c1-3-4-9(2)7-10-5-6-11(16-8-10)17-20(18,19)12(13,14)15/h5-6,8-9H,3-4,7H2,1-2H3,(H,16,17). The molecule has 8 heteroatoms. The Morgan fingerprint density at radius 3 is 2.45 bits per heavy atom. The first kappa shape index (κ1) is 16.7. The summed E-state index contributed by atoms with van der Waals surface area (Å²) in [7, 11) is -5.41. The lowest BCUT2D eigenvalue weighted by molar-refractivity contribution is -0.0429. The largest absolute Gasteiger partial charge is 0.516 e. The van der Waals surface area contributed by atoms with Crippen LogP contribution in [0.15, 0.2) is 18.3 Å². The minimum atomic E-state index is -5.41. The van der Waals surface area contributed by atoms with Crippen LogP contribution in [0.4, 0.5) is 19.0 Å². The van der Waals surface area contributed by atoms with E-state index in [4.69, 9.17) is 0 Å². The Hall–Kier alpha value is -1.31. The minimum Gasteiger partial charge on any atom is -0.260 e. The molecule has 4 nitrogen and oxygen atoms in total. The molecule has 0 aliphatic rings. The van der Waals surface area contributed by atoms with Gasteiger partial charge in [-0.2, -0.15) is 21.6 Å². The van der Waals surface area contributed by atoms with Crippen LogP contribution in [0.5, 0.6) is 0 Å². The summed E-state index contributed by atoms with van der Waals surface area (Å²) in [5, 5.41) is 0. The van der Waals surface area contributed by atoms with Crippen molar-refractivity contribution in [3.8, 4) is 0 Å². The number of nitrogens with zero attached hydrogens (tertiary/aromatic N) is 1. The van der Waals surface area contributed by atoms with Crippen molar-refractivity contribution in [2.45, 2.75) is 38.6 Å². The van der Waals surface area contributed by atoms with Crippen LogP contribution in [-0.4, -0.2) is 18.9 Å². The Labute approximate surface area is 116 Å². The summed E-state index contributed by atoms with van der Waals surface area (Å²) >= 11 is 0. The summed E-state index contributed by atoms with van der Waals surface area (Å²) in [4.78, 5) is 3.70. The zero-order valence-corrected chi connectivity index (χ0v) is 12.1. The fraction of sp³-hybridized carbons (Fsp3) is 0.583. The van der Waals surface area contributed by atoms with Crippen LogP contribution in [0.3, 0.4) is 0 Å². The molecular formula is C12H17F3N2O2S. The van der Waals surface area contributed by atoms with Gasteiger partial charge in [-0.25, -0.2) is 4.98 Å². The van der Waals surface area contributed by atoms with E-state index in [1.807, 2.05) is 0 Å². The second kappa shape index (κ2) is 6.43. The Morgan fingerprint density at radius 2 is 2.00 bits per heavy atom. The van der Waals surface area contributed by atoms with Gasteiger partial charge in [0.05, 0.1) is 0 Å². The highest BCUT2D eigenvalue weighted by atomic mass is 32.2. The first-order chi connectivity index (χ1) is 9.15. The maximum Gasteiger partial charge on any atom is 0.516 e. The molecule has 0 radical (unpaired) electrons. The van der Waals surface area contributed by atoms with E-state index >= 15 is 0 Å². The Kier molecular flexibility index (Phi) is 5.38. The summed E-state index contributed by atoms with van der Waals surface area (Å²) in [6.07, 6.45) is 4.24. The van der Waals surface area contributed by atoms with Gasteiger partial charge < -0.3 is 0 Å². The predicted molar refractivity (Wildman–Crippen MR) is 70.6 cm³/mol. The highest BCUT2D eigenvalue weighted by Crippen LogP contribution is 2.24. The Balaban J connectivity index is 2.73. The Bertz CT molecular complexity index is 527. The lowest BCUT2D eigenvalue weighted by Crippen LogP contribution is -2.30. The van der Waals surface area contributed by atoms with Crippen LogP contribution in [0.2, 0.25) is 0 Å². The minimum absolute atomic E-state index is 0.339. The molecule has 1 aromatic rings. The van der Waals surface area contributed by atoms with Gasteiger partial charge in [0, 0.05) is 6.20 Å². The third-order valence-electron chi connectivity index (χ3n) is 2.73. The highest BCUT2D eigenvalue weighted by molar-refractivity contribution is 7.93. The van der Waals surface area contributed by atoms with E-state index in [-0.39, 0.29) is 5.82 Å². The molecular weight excluding hydrogens is 293 g/mol. The fourth-order valence-electron chi connectivity index (χ4n) is 1.80. The van der Waals surface area contributed by atoms with E-state index < -0.39 is 15.5 Å². The third-order valence-corrected chi connectivity index (χ3v) is 3.82. The molecule has 1 rings (SSSR count). The smallest absolute Gasteiger partial charge is 0.260 e. The van der Waals surface area contributed by atoms with E-state index in [1.54, 1.807) is 6.07 Å². The van der Waals surface area contributed by atoms with Crippen molar-refractivity contribution in [1.82, 2.24) is 4.98 Å².